The van der Waals surface area contributed by atoms with Gasteiger partial charge in [-0.05, 0) is 36.8 Å². The van der Waals surface area contributed by atoms with E-state index < -0.39 is 0 Å². The molecule has 2 aromatic carbocycles. The Morgan fingerprint density at radius 2 is 1.78 bits per heavy atom. The summed E-state index contributed by atoms with van der Waals surface area (Å²) in [5.41, 5.74) is 2.70. The van der Waals surface area contributed by atoms with E-state index in [1.165, 1.54) is 0 Å². The number of hydrogen-bond donors (Lipinski definition) is 1. The number of hydrogen-bond acceptors (Lipinski definition) is 2. The summed E-state index contributed by atoms with van der Waals surface area (Å²) in [7, 11) is 0. The first-order valence-corrected chi connectivity index (χ1v) is 6.13. The summed E-state index contributed by atoms with van der Waals surface area (Å²) in [4.78, 5) is 11.5. The average molecular weight is 260 g/mol. The molecule has 2 nitrogen and oxygen atoms in total. The van der Waals surface area contributed by atoms with Gasteiger partial charge in [0.15, 0.2) is 5.78 Å². The molecular weight excluding hydrogens is 246 g/mol. The standard InChI is InChI=1S/C15H14ClNO/c1-11(18)14-4-2-3-5-15(14)17-10-12-6-8-13(16)9-7-12/h2-9,17H,10H2,1H3. The minimum absolute atomic E-state index is 0.0641. The molecule has 92 valence electrons. The van der Waals surface area contributed by atoms with Crippen molar-refractivity contribution >= 4 is 23.1 Å². The topological polar surface area (TPSA) is 29.1 Å². The fourth-order valence-corrected chi connectivity index (χ4v) is 1.87. The molecule has 0 amide bonds. The van der Waals surface area contributed by atoms with Crippen molar-refractivity contribution in [3.05, 3.63) is 64.7 Å². The summed E-state index contributed by atoms with van der Waals surface area (Å²) in [6.07, 6.45) is 0. The highest BCUT2D eigenvalue weighted by Crippen LogP contribution is 2.17. The van der Waals surface area contributed by atoms with Gasteiger partial charge >= 0.3 is 0 Å². The molecule has 0 aliphatic heterocycles. The van der Waals surface area contributed by atoms with Gasteiger partial charge in [-0.2, -0.15) is 0 Å². The molecule has 0 radical (unpaired) electrons. The third-order valence-corrected chi connectivity index (χ3v) is 2.95. The lowest BCUT2D eigenvalue weighted by molar-refractivity contribution is 0.101. The van der Waals surface area contributed by atoms with E-state index in [2.05, 4.69) is 5.32 Å². The van der Waals surface area contributed by atoms with Crippen LogP contribution in [0.5, 0.6) is 0 Å². The molecular formula is C15H14ClNO. The first-order chi connectivity index (χ1) is 8.66. The van der Waals surface area contributed by atoms with Crippen LogP contribution in [0.2, 0.25) is 5.02 Å². The third-order valence-electron chi connectivity index (χ3n) is 2.70. The molecule has 3 heteroatoms. The summed E-state index contributed by atoms with van der Waals surface area (Å²) in [5.74, 6) is 0.0641. The summed E-state index contributed by atoms with van der Waals surface area (Å²) in [5, 5.41) is 3.99. The van der Waals surface area contributed by atoms with E-state index in [4.69, 9.17) is 11.6 Å². The van der Waals surface area contributed by atoms with Crippen molar-refractivity contribution in [3.8, 4) is 0 Å². The molecule has 2 rings (SSSR count). The Morgan fingerprint density at radius 3 is 2.44 bits per heavy atom. The average Bonchev–Trinajstić information content (AvgIpc) is 2.38. The van der Waals surface area contributed by atoms with Crippen LogP contribution in [0.25, 0.3) is 0 Å². The second-order valence-corrected chi connectivity index (χ2v) is 4.52. The van der Waals surface area contributed by atoms with Crippen molar-refractivity contribution in [1.29, 1.82) is 0 Å². The van der Waals surface area contributed by atoms with Gasteiger partial charge in [-0.1, -0.05) is 35.9 Å². The van der Waals surface area contributed by atoms with E-state index in [-0.39, 0.29) is 5.78 Å². The van der Waals surface area contributed by atoms with Crippen LogP contribution in [0.1, 0.15) is 22.8 Å². The first-order valence-electron chi connectivity index (χ1n) is 5.75. The van der Waals surface area contributed by atoms with Crippen molar-refractivity contribution in [3.63, 3.8) is 0 Å². The molecule has 0 unspecified atom stereocenters. The van der Waals surface area contributed by atoms with E-state index in [1.807, 2.05) is 48.5 Å². The Labute approximate surface area is 112 Å². The summed E-state index contributed by atoms with van der Waals surface area (Å²) < 4.78 is 0. The van der Waals surface area contributed by atoms with Crippen LogP contribution >= 0.6 is 11.6 Å². The molecule has 18 heavy (non-hydrogen) atoms. The normalized spacial score (nSPS) is 10.1. The van der Waals surface area contributed by atoms with Crippen molar-refractivity contribution in [2.45, 2.75) is 13.5 Å². The fraction of sp³-hybridized carbons (Fsp3) is 0.133. The van der Waals surface area contributed by atoms with Gasteiger partial charge in [-0.15, -0.1) is 0 Å². The lowest BCUT2D eigenvalue weighted by Gasteiger charge is -2.10. The molecule has 0 spiro atoms. The van der Waals surface area contributed by atoms with Gasteiger partial charge in [-0.25, -0.2) is 0 Å². The smallest absolute Gasteiger partial charge is 0.161 e. The van der Waals surface area contributed by atoms with E-state index >= 15 is 0 Å². The number of Topliss-reactive ketones (excluding diaryl/α,β-unsaturated/α-hetero) is 1. The van der Waals surface area contributed by atoms with Crippen molar-refractivity contribution in [2.75, 3.05) is 5.32 Å². The predicted octanol–water partition coefficient (Wildman–Crippen LogP) is 4.15. The van der Waals surface area contributed by atoms with Crippen LogP contribution < -0.4 is 5.32 Å². The highest BCUT2D eigenvalue weighted by atomic mass is 35.5. The molecule has 0 fully saturated rings. The Hall–Kier alpha value is -1.80. The van der Waals surface area contributed by atoms with Crippen LogP contribution in [0.4, 0.5) is 5.69 Å². The number of carbonyl (C=O) groups is 1. The molecule has 0 atom stereocenters. The number of rotatable bonds is 4. The Balaban J connectivity index is 2.10. The predicted molar refractivity (Wildman–Crippen MR) is 75.2 cm³/mol. The highest BCUT2D eigenvalue weighted by molar-refractivity contribution is 6.30. The Kier molecular flexibility index (Phi) is 4.00. The second kappa shape index (κ2) is 5.69. The van der Waals surface area contributed by atoms with Crippen LogP contribution in [0, 0.1) is 0 Å². The van der Waals surface area contributed by atoms with E-state index in [9.17, 15) is 4.79 Å². The van der Waals surface area contributed by atoms with Crippen LogP contribution in [0.15, 0.2) is 48.5 Å². The molecule has 0 heterocycles. The van der Waals surface area contributed by atoms with Gasteiger partial charge in [0.05, 0.1) is 0 Å². The van der Waals surface area contributed by atoms with E-state index in [0.29, 0.717) is 12.1 Å². The number of halogens is 1. The molecule has 0 saturated heterocycles. The van der Waals surface area contributed by atoms with E-state index in [0.717, 1.165) is 16.3 Å². The zero-order chi connectivity index (χ0) is 13.0. The maximum Gasteiger partial charge on any atom is 0.161 e. The van der Waals surface area contributed by atoms with Crippen molar-refractivity contribution in [2.24, 2.45) is 0 Å². The molecule has 1 N–H and O–H groups in total. The van der Waals surface area contributed by atoms with Crippen LogP contribution in [0.3, 0.4) is 0 Å². The highest BCUT2D eigenvalue weighted by Gasteiger charge is 2.05. The first kappa shape index (κ1) is 12.7. The minimum Gasteiger partial charge on any atom is -0.380 e. The maximum absolute atomic E-state index is 11.5. The van der Waals surface area contributed by atoms with Gasteiger partial charge < -0.3 is 5.32 Å². The lowest BCUT2D eigenvalue weighted by Crippen LogP contribution is -2.04. The monoisotopic (exact) mass is 259 g/mol. The molecule has 2 aromatic rings. The quantitative estimate of drug-likeness (QED) is 0.836. The molecule has 0 bridgehead atoms. The van der Waals surface area contributed by atoms with Crippen LogP contribution in [-0.2, 0) is 6.54 Å². The van der Waals surface area contributed by atoms with Gasteiger partial charge in [0.25, 0.3) is 0 Å². The summed E-state index contributed by atoms with van der Waals surface area (Å²) in [6, 6.07) is 15.2. The zero-order valence-electron chi connectivity index (χ0n) is 10.1. The molecule has 0 aliphatic carbocycles. The van der Waals surface area contributed by atoms with Gasteiger partial charge in [-0.3, -0.25) is 4.79 Å². The SMILES string of the molecule is CC(=O)c1ccccc1NCc1ccc(Cl)cc1. The largest absolute Gasteiger partial charge is 0.380 e. The molecule has 0 aliphatic rings. The molecule has 0 aromatic heterocycles. The van der Waals surface area contributed by atoms with Crippen molar-refractivity contribution in [1.82, 2.24) is 0 Å². The minimum atomic E-state index is 0.0641. The maximum atomic E-state index is 11.5. The Morgan fingerprint density at radius 1 is 1.11 bits per heavy atom. The number of nitrogens with one attached hydrogen (secondary N) is 1. The van der Waals surface area contributed by atoms with E-state index in [1.54, 1.807) is 6.92 Å². The Bertz CT molecular complexity index is 549. The number of carbonyl (C=O) groups excluding carboxylic acids is 1. The number of anilines is 1. The van der Waals surface area contributed by atoms with Gasteiger partial charge in [0.1, 0.15) is 0 Å². The molecule has 0 saturated carbocycles. The zero-order valence-corrected chi connectivity index (χ0v) is 10.9. The lowest BCUT2D eigenvalue weighted by atomic mass is 10.1. The van der Waals surface area contributed by atoms with Gasteiger partial charge in [0.2, 0.25) is 0 Å². The fourth-order valence-electron chi connectivity index (χ4n) is 1.74. The third kappa shape index (κ3) is 3.11. The number of ketones is 1. The second-order valence-electron chi connectivity index (χ2n) is 4.08. The summed E-state index contributed by atoms with van der Waals surface area (Å²) in [6.45, 7) is 2.24. The number of benzene rings is 2. The number of para-hydroxylation sites is 1. The van der Waals surface area contributed by atoms with Crippen LogP contribution in [-0.4, -0.2) is 5.78 Å². The van der Waals surface area contributed by atoms with Crippen molar-refractivity contribution < 1.29 is 4.79 Å². The van der Waals surface area contributed by atoms with Gasteiger partial charge in [0, 0.05) is 22.8 Å². The summed E-state index contributed by atoms with van der Waals surface area (Å²) >= 11 is 5.83.